The molecule has 3 nitrogen and oxygen atoms in total. The van der Waals surface area contributed by atoms with Crippen molar-refractivity contribution in [3.05, 3.63) is 29.8 Å². The van der Waals surface area contributed by atoms with E-state index in [4.69, 9.17) is 4.74 Å². The van der Waals surface area contributed by atoms with Gasteiger partial charge in [0, 0.05) is 5.56 Å². The highest BCUT2D eigenvalue weighted by Crippen LogP contribution is 2.33. The molecule has 106 valence electrons. The number of benzene rings is 1. The van der Waals surface area contributed by atoms with Gasteiger partial charge in [-0.3, -0.25) is 4.90 Å². The maximum absolute atomic E-state index is 5.91. The van der Waals surface area contributed by atoms with Gasteiger partial charge in [0.05, 0.1) is 12.1 Å². The third-order valence-corrected chi connectivity index (χ3v) is 4.04. The van der Waals surface area contributed by atoms with Crippen molar-refractivity contribution in [2.75, 3.05) is 27.2 Å². The SMILES string of the molecule is CCCCCN(C)C1COc2ccccc2C1NC. The minimum atomic E-state index is 0.358. The lowest BCUT2D eigenvalue weighted by Crippen LogP contribution is -2.48. The molecule has 0 bridgehead atoms. The second kappa shape index (κ2) is 6.92. The number of nitrogens with zero attached hydrogens (tertiary/aromatic N) is 1. The van der Waals surface area contributed by atoms with Crippen molar-refractivity contribution in [2.24, 2.45) is 0 Å². The van der Waals surface area contributed by atoms with Crippen LogP contribution in [0, 0.1) is 0 Å². The number of hydrogen-bond acceptors (Lipinski definition) is 3. The van der Waals surface area contributed by atoms with Crippen LogP contribution in [0.1, 0.15) is 37.8 Å². The van der Waals surface area contributed by atoms with Gasteiger partial charge >= 0.3 is 0 Å². The fourth-order valence-corrected chi connectivity index (χ4v) is 2.85. The van der Waals surface area contributed by atoms with E-state index in [-0.39, 0.29) is 0 Å². The van der Waals surface area contributed by atoms with Crippen LogP contribution in [0.15, 0.2) is 24.3 Å². The average Bonchev–Trinajstić information content (AvgIpc) is 2.46. The van der Waals surface area contributed by atoms with Crippen LogP contribution < -0.4 is 10.1 Å². The molecule has 0 aromatic heterocycles. The third-order valence-electron chi connectivity index (χ3n) is 4.04. The molecule has 0 radical (unpaired) electrons. The Labute approximate surface area is 116 Å². The number of rotatable bonds is 6. The molecule has 1 N–H and O–H groups in total. The van der Waals surface area contributed by atoms with Gasteiger partial charge in [0.2, 0.25) is 0 Å². The van der Waals surface area contributed by atoms with Crippen molar-refractivity contribution in [3.8, 4) is 5.75 Å². The topological polar surface area (TPSA) is 24.5 Å². The van der Waals surface area contributed by atoms with E-state index < -0.39 is 0 Å². The van der Waals surface area contributed by atoms with Crippen molar-refractivity contribution < 1.29 is 4.74 Å². The Hall–Kier alpha value is -1.06. The van der Waals surface area contributed by atoms with E-state index >= 15 is 0 Å². The van der Waals surface area contributed by atoms with Gasteiger partial charge in [-0.15, -0.1) is 0 Å². The highest BCUT2D eigenvalue weighted by Gasteiger charge is 2.31. The van der Waals surface area contributed by atoms with Gasteiger partial charge in [0.15, 0.2) is 0 Å². The molecule has 0 saturated carbocycles. The van der Waals surface area contributed by atoms with Crippen LogP contribution in [0.3, 0.4) is 0 Å². The van der Waals surface area contributed by atoms with Gasteiger partial charge in [-0.1, -0.05) is 38.0 Å². The maximum Gasteiger partial charge on any atom is 0.124 e. The van der Waals surface area contributed by atoms with Crippen molar-refractivity contribution in [2.45, 2.75) is 38.3 Å². The van der Waals surface area contributed by atoms with Gasteiger partial charge in [-0.2, -0.15) is 0 Å². The Morgan fingerprint density at radius 2 is 2.11 bits per heavy atom. The predicted octanol–water partition coefficient (Wildman–Crippen LogP) is 2.83. The Morgan fingerprint density at radius 3 is 2.84 bits per heavy atom. The first kappa shape index (κ1) is 14.4. The van der Waals surface area contributed by atoms with E-state index in [1.807, 2.05) is 13.1 Å². The molecule has 1 aliphatic heterocycles. The van der Waals surface area contributed by atoms with Crippen LogP contribution in [0.25, 0.3) is 0 Å². The number of unbranched alkanes of at least 4 members (excludes halogenated alkanes) is 2. The van der Waals surface area contributed by atoms with Gasteiger partial charge < -0.3 is 10.1 Å². The van der Waals surface area contributed by atoms with Gasteiger partial charge in [0.25, 0.3) is 0 Å². The van der Waals surface area contributed by atoms with E-state index in [0.717, 1.165) is 18.9 Å². The molecule has 1 aromatic rings. The Bertz CT molecular complexity index is 394. The first-order chi connectivity index (χ1) is 9.27. The molecule has 0 spiro atoms. The summed E-state index contributed by atoms with van der Waals surface area (Å²) in [6.45, 7) is 4.16. The summed E-state index contributed by atoms with van der Waals surface area (Å²) in [5.41, 5.74) is 1.28. The number of para-hydroxylation sites is 1. The molecule has 0 saturated heterocycles. The van der Waals surface area contributed by atoms with Crippen molar-refractivity contribution >= 4 is 0 Å². The van der Waals surface area contributed by atoms with E-state index in [9.17, 15) is 0 Å². The monoisotopic (exact) mass is 262 g/mol. The maximum atomic E-state index is 5.91. The third kappa shape index (κ3) is 3.28. The van der Waals surface area contributed by atoms with E-state index in [1.54, 1.807) is 0 Å². The zero-order chi connectivity index (χ0) is 13.7. The molecule has 0 fully saturated rings. The summed E-state index contributed by atoms with van der Waals surface area (Å²) in [6, 6.07) is 9.13. The van der Waals surface area contributed by atoms with Crippen LogP contribution in [-0.4, -0.2) is 38.2 Å². The molecule has 1 aliphatic rings. The minimum Gasteiger partial charge on any atom is -0.492 e. The average molecular weight is 262 g/mol. The zero-order valence-corrected chi connectivity index (χ0v) is 12.4. The lowest BCUT2D eigenvalue weighted by Gasteiger charge is -2.38. The standard InChI is InChI=1S/C16H26N2O/c1-4-5-8-11-18(3)14-12-19-15-10-7-6-9-13(15)16(14)17-2/h6-7,9-10,14,16-17H,4-5,8,11-12H2,1-3H3. The molecule has 2 unspecified atom stereocenters. The summed E-state index contributed by atoms with van der Waals surface area (Å²) in [7, 11) is 4.25. The summed E-state index contributed by atoms with van der Waals surface area (Å²) in [5, 5.41) is 3.46. The first-order valence-corrected chi connectivity index (χ1v) is 7.37. The molecular formula is C16H26N2O. The Morgan fingerprint density at radius 1 is 1.32 bits per heavy atom. The fourth-order valence-electron chi connectivity index (χ4n) is 2.85. The second-order valence-corrected chi connectivity index (χ2v) is 5.37. The summed E-state index contributed by atoms with van der Waals surface area (Å²) >= 11 is 0. The summed E-state index contributed by atoms with van der Waals surface area (Å²) in [6.07, 6.45) is 3.84. The molecule has 2 atom stereocenters. The fraction of sp³-hybridized carbons (Fsp3) is 0.625. The molecule has 1 heterocycles. The lowest BCUT2D eigenvalue weighted by atomic mass is 9.95. The van der Waals surface area contributed by atoms with Crippen molar-refractivity contribution in [3.63, 3.8) is 0 Å². The summed E-state index contributed by atoms with van der Waals surface area (Å²) in [4.78, 5) is 2.44. The minimum absolute atomic E-state index is 0.358. The van der Waals surface area contributed by atoms with Crippen molar-refractivity contribution in [1.29, 1.82) is 0 Å². The van der Waals surface area contributed by atoms with Crippen LogP contribution in [-0.2, 0) is 0 Å². The quantitative estimate of drug-likeness (QED) is 0.798. The molecule has 3 heteroatoms. The van der Waals surface area contributed by atoms with Crippen LogP contribution in [0.5, 0.6) is 5.75 Å². The molecule has 0 amide bonds. The molecule has 2 rings (SSSR count). The highest BCUT2D eigenvalue weighted by atomic mass is 16.5. The highest BCUT2D eigenvalue weighted by molar-refractivity contribution is 5.38. The smallest absolute Gasteiger partial charge is 0.124 e. The second-order valence-electron chi connectivity index (χ2n) is 5.37. The molecule has 19 heavy (non-hydrogen) atoms. The number of nitrogens with one attached hydrogen (secondary N) is 1. The Balaban J connectivity index is 2.06. The number of likely N-dealkylation sites (N-methyl/N-ethyl adjacent to an activating group) is 2. The number of ether oxygens (including phenoxy) is 1. The van der Waals surface area contributed by atoms with Gasteiger partial charge in [0.1, 0.15) is 12.4 Å². The normalized spacial score (nSPS) is 22.1. The van der Waals surface area contributed by atoms with Gasteiger partial charge in [-0.25, -0.2) is 0 Å². The molecule has 0 aliphatic carbocycles. The largest absolute Gasteiger partial charge is 0.492 e. The first-order valence-electron chi connectivity index (χ1n) is 7.37. The molecule has 1 aromatic carbocycles. The zero-order valence-electron chi connectivity index (χ0n) is 12.4. The van der Waals surface area contributed by atoms with Crippen LogP contribution in [0.4, 0.5) is 0 Å². The van der Waals surface area contributed by atoms with Crippen LogP contribution >= 0.6 is 0 Å². The summed E-state index contributed by atoms with van der Waals surface area (Å²) in [5.74, 6) is 1.03. The van der Waals surface area contributed by atoms with E-state index in [2.05, 4.69) is 42.4 Å². The van der Waals surface area contributed by atoms with Crippen LogP contribution in [0.2, 0.25) is 0 Å². The molecular weight excluding hydrogens is 236 g/mol. The number of hydrogen-bond donors (Lipinski definition) is 1. The van der Waals surface area contributed by atoms with Gasteiger partial charge in [-0.05, 0) is 33.1 Å². The van der Waals surface area contributed by atoms with E-state index in [1.165, 1.54) is 24.8 Å². The number of fused-ring (bicyclic) bond motifs is 1. The van der Waals surface area contributed by atoms with E-state index in [0.29, 0.717) is 12.1 Å². The Kier molecular flexibility index (Phi) is 5.23. The lowest BCUT2D eigenvalue weighted by molar-refractivity contribution is 0.107. The predicted molar refractivity (Wildman–Crippen MR) is 79.7 cm³/mol. The summed E-state index contributed by atoms with van der Waals surface area (Å²) < 4.78 is 5.91. The van der Waals surface area contributed by atoms with Crippen molar-refractivity contribution in [1.82, 2.24) is 10.2 Å².